The van der Waals surface area contributed by atoms with Gasteiger partial charge in [0.15, 0.2) is 0 Å². The summed E-state index contributed by atoms with van der Waals surface area (Å²) in [7, 11) is 3.18. The highest BCUT2D eigenvalue weighted by Gasteiger charge is 2.42. The molecule has 0 unspecified atom stereocenters. The normalized spacial score (nSPS) is 17.3. The minimum atomic E-state index is -1.25. The number of rotatable bonds is 14. The van der Waals surface area contributed by atoms with Crippen molar-refractivity contribution >= 4 is 12.0 Å². The van der Waals surface area contributed by atoms with E-state index in [9.17, 15) is 19.5 Å². The van der Waals surface area contributed by atoms with Crippen molar-refractivity contribution in [3.8, 4) is 11.5 Å². The molecule has 12 heteroatoms. The number of aromatic nitrogens is 2. The summed E-state index contributed by atoms with van der Waals surface area (Å²) in [5, 5.41) is 20.0. The Bertz CT molecular complexity index is 1780. The van der Waals surface area contributed by atoms with Crippen LogP contribution in [-0.4, -0.2) is 83.3 Å². The van der Waals surface area contributed by atoms with Gasteiger partial charge in [0.25, 0.3) is 5.56 Å². The minimum absolute atomic E-state index is 0.0332. The van der Waals surface area contributed by atoms with E-state index in [0.29, 0.717) is 11.5 Å². The van der Waals surface area contributed by atoms with Crippen LogP contribution in [0.25, 0.3) is 6.08 Å². The molecule has 3 N–H and O–H groups in total. The summed E-state index contributed by atoms with van der Waals surface area (Å²) in [5.74, 6) is 0.0982. The summed E-state index contributed by atoms with van der Waals surface area (Å²) in [5.41, 5.74) is -0.274. The number of aromatic amines is 1. The van der Waals surface area contributed by atoms with Crippen LogP contribution in [0.1, 0.15) is 55.7 Å². The van der Waals surface area contributed by atoms with Crippen LogP contribution in [0.5, 0.6) is 11.5 Å². The number of nitrogens with one attached hydrogen (secondary N) is 1. The van der Waals surface area contributed by atoms with E-state index < -0.39 is 41.3 Å². The van der Waals surface area contributed by atoms with Gasteiger partial charge in [0, 0.05) is 18.7 Å². The van der Waals surface area contributed by atoms with E-state index >= 15 is 0 Å². The van der Waals surface area contributed by atoms with Crippen LogP contribution in [0, 0.1) is 0 Å². The summed E-state index contributed by atoms with van der Waals surface area (Å²) >= 11 is 0. The predicted octanol–water partition coefficient (Wildman–Crippen LogP) is 4.66. The van der Waals surface area contributed by atoms with Crippen LogP contribution in [0.2, 0.25) is 0 Å². The fourth-order valence-electron chi connectivity index (χ4n) is 5.98. The summed E-state index contributed by atoms with van der Waals surface area (Å²) in [6.45, 7) is 10.1. The maximum atomic E-state index is 12.7. The molecule has 0 radical (unpaired) electrons. The largest absolute Gasteiger partial charge is 0.497 e. The number of aliphatic hydroxyl groups is 1. The maximum Gasteiger partial charge on any atom is 0.330 e. The average Bonchev–Trinajstić information content (AvgIpc) is 3.52. The van der Waals surface area contributed by atoms with E-state index in [2.05, 4.69) is 30.7 Å². The van der Waals surface area contributed by atoms with Gasteiger partial charge in [0.1, 0.15) is 29.4 Å². The van der Waals surface area contributed by atoms with E-state index in [-0.39, 0.29) is 18.6 Å². The third kappa shape index (κ3) is 9.41. The molecule has 0 bridgehead atoms. The second-order valence-electron chi connectivity index (χ2n) is 11.8. The third-order valence-electron chi connectivity index (χ3n) is 8.89. The lowest BCUT2D eigenvalue weighted by molar-refractivity contribution is -0.131. The van der Waals surface area contributed by atoms with Gasteiger partial charge >= 0.3 is 11.7 Å². The number of aliphatic carboxylic acids is 1. The highest BCUT2D eigenvalue weighted by atomic mass is 16.6. The molecule has 3 aromatic carbocycles. The minimum Gasteiger partial charge on any atom is -0.497 e. The van der Waals surface area contributed by atoms with Gasteiger partial charge in [0.2, 0.25) is 0 Å². The van der Waals surface area contributed by atoms with E-state index in [1.807, 2.05) is 78.9 Å². The van der Waals surface area contributed by atoms with Gasteiger partial charge in [-0.15, -0.1) is 0 Å². The first-order valence-corrected chi connectivity index (χ1v) is 16.9. The summed E-state index contributed by atoms with van der Waals surface area (Å²) < 4.78 is 24.9. The lowest BCUT2D eigenvalue weighted by Crippen LogP contribution is -2.38. The SMILES string of the molecule is CCN(CC)CC.COc1ccc(C(OC[C@H]2O[C@@H](n3cc(/C=C/C(=O)O)c(=O)[nH]c3=O)C[C@@H]2O)(c2ccccc2)c2ccc(OC)cc2)cc1. The number of hydrogen-bond donors (Lipinski definition) is 3. The van der Waals surface area contributed by atoms with E-state index in [0.717, 1.165) is 33.4 Å². The standard InChI is InChI=1S/C33H32N2O9.C6H15N/c1-41-25-13-9-23(10-14-25)33(22-6-4-3-5-7-22,24-11-15-26(42-2)16-12-24)43-20-28-27(36)18-29(44-28)35-19-21(8-17-30(37)38)31(39)34-32(35)40;1-4-7(5-2)6-3/h3-17,19,27-29,36H,18,20H2,1-2H3,(H,37,38)(H,34,39,40);4-6H2,1-3H3/b17-8+;/t27-,28+,29+;/m0./s1. The molecule has 1 saturated heterocycles. The number of methoxy groups -OCH3 is 2. The Hall–Kier alpha value is -5.01. The molecule has 1 aromatic heterocycles. The lowest BCUT2D eigenvalue weighted by Gasteiger charge is -2.37. The molecule has 0 aliphatic carbocycles. The maximum absolute atomic E-state index is 12.7. The highest BCUT2D eigenvalue weighted by Crippen LogP contribution is 2.42. The molecule has 12 nitrogen and oxygen atoms in total. The molecule has 51 heavy (non-hydrogen) atoms. The van der Waals surface area contributed by atoms with Crippen molar-refractivity contribution in [1.29, 1.82) is 0 Å². The number of H-pyrrole nitrogens is 1. The third-order valence-corrected chi connectivity index (χ3v) is 8.89. The van der Waals surface area contributed by atoms with Gasteiger partial charge < -0.3 is 34.1 Å². The molecule has 1 fully saturated rings. The predicted molar refractivity (Wildman–Crippen MR) is 194 cm³/mol. The van der Waals surface area contributed by atoms with Gasteiger partial charge in [-0.2, -0.15) is 0 Å². The quantitative estimate of drug-likeness (QED) is 0.125. The molecule has 1 aliphatic rings. The lowest BCUT2D eigenvalue weighted by atomic mass is 9.80. The van der Waals surface area contributed by atoms with Crippen molar-refractivity contribution in [2.24, 2.45) is 0 Å². The molecule has 272 valence electrons. The number of carbonyl (C=O) groups is 1. The second kappa shape index (κ2) is 18.3. The molecule has 0 spiro atoms. The van der Waals surface area contributed by atoms with Crippen LogP contribution < -0.4 is 20.7 Å². The Morgan fingerprint density at radius 3 is 1.90 bits per heavy atom. The second-order valence-corrected chi connectivity index (χ2v) is 11.8. The van der Waals surface area contributed by atoms with Crippen LogP contribution in [0.15, 0.2) is 101 Å². The molecular weight excluding hydrogens is 654 g/mol. The van der Waals surface area contributed by atoms with Crippen LogP contribution >= 0.6 is 0 Å². The molecule has 0 amide bonds. The monoisotopic (exact) mass is 701 g/mol. The van der Waals surface area contributed by atoms with Crippen LogP contribution in [-0.2, 0) is 19.9 Å². The van der Waals surface area contributed by atoms with Gasteiger partial charge in [-0.05, 0) is 66.7 Å². The molecule has 2 heterocycles. The number of nitrogens with zero attached hydrogens (tertiary/aromatic N) is 2. The number of ether oxygens (including phenoxy) is 4. The first kappa shape index (κ1) is 38.8. The van der Waals surface area contributed by atoms with Gasteiger partial charge in [-0.25, -0.2) is 9.59 Å². The number of aliphatic hydroxyl groups excluding tert-OH is 1. The van der Waals surface area contributed by atoms with Crippen molar-refractivity contribution in [3.05, 3.63) is 134 Å². The fraction of sp³-hybridized carbons (Fsp3) is 0.359. The zero-order valence-electron chi connectivity index (χ0n) is 29.7. The van der Waals surface area contributed by atoms with Crippen LogP contribution in [0.4, 0.5) is 0 Å². The van der Waals surface area contributed by atoms with Crippen molar-refractivity contribution in [2.45, 2.75) is 51.2 Å². The first-order valence-electron chi connectivity index (χ1n) is 16.9. The fourth-order valence-corrected chi connectivity index (χ4v) is 5.98. The van der Waals surface area contributed by atoms with Crippen molar-refractivity contribution in [3.63, 3.8) is 0 Å². The first-order chi connectivity index (χ1) is 24.6. The van der Waals surface area contributed by atoms with Crippen molar-refractivity contribution in [1.82, 2.24) is 14.5 Å². The Morgan fingerprint density at radius 2 is 1.43 bits per heavy atom. The van der Waals surface area contributed by atoms with E-state index in [4.69, 9.17) is 24.1 Å². The number of carboxylic acids is 1. The number of hydrogen-bond acceptors (Lipinski definition) is 9. The van der Waals surface area contributed by atoms with Gasteiger partial charge in [-0.1, -0.05) is 75.4 Å². The summed E-state index contributed by atoms with van der Waals surface area (Å²) in [6.07, 6.45) is 0.319. The molecule has 5 rings (SSSR count). The van der Waals surface area contributed by atoms with Crippen LogP contribution in [0.3, 0.4) is 0 Å². The number of benzene rings is 3. The highest BCUT2D eigenvalue weighted by molar-refractivity contribution is 5.85. The molecular formula is C39H47N3O9. The Morgan fingerprint density at radius 1 is 0.902 bits per heavy atom. The summed E-state index contributed by atoms with van der Waals surface area (Å²) in [4.78, 5) is 40.4. The Kier molecular flexibility index (Phi) is 13.9. The zero-order valence-corrected chi connectivity index (χ0v) is 29.7. The van der Waals surface area contributed by atoms with Gasteiger partial charge in [0.05, 0.1) is 32.5 Å². The number of carboxylic acid groups (broad SMARTS) is 1. The van der Waals surface area contributed by atoms with Crippen molar-refractivity contribution < 1.29 is 34.0 Å². The van der Waals surface area contributed by atoms with E-state index in [1.54, 1.807) is 14.2 Å². The average molecular weight is 702 g/mol. The van der Waals surface area contributed by atoms with Crippen molar-refractivity contribution in [2.75, 3.05) is 40.5 Å². The van der Waals surface area contributed by atoms with E-state index in [1.165, 1.54) is 25.8 Å². The van der Waals surface area contributed by atoms with Gasteiger partial charge in [-0.3, -0.25) is 14.3 Å². The molecule has 1 aliphatic heterocycles. The molecule has 4 aromatic rings. The Labute approximate surface area is 297 Å². The Balaban J connectivity index is 0.000000755. The molecule has 3 atom stereocenters. The topological polar surface area (TPSA) is 153 Å². The zero-order chi connectivity index (χ0) is 37.0. The smallest absolute Gasteiger partial charge is 0.330 e. The summed E-state index contributed by atoms with van der Waals surface area (Å²) in [6, 6.07) is 24.7. The molecule has 0 saturated carbocycles.